The van der Waals surface area contributed by atoms with Crippen molar-refractivity contribution in [1.82, 2.24) is 4.31 Å². The van der Waals surface area contributed by atoms with Crippen molar-refractivity contribution < 1.29 is 8.42 Å². The molecule has 1 aliphatic heterocycles. The van der Waals surface area contributed by atoms with E-state index in [1.165, 1.54) is 9.88 Å². The van der Waals surface area contributed by atoms with Gasteiger partial charge < -0.3 is 0 Å². The first-order valence-corrected chi connectivity index (χ1v) is 6.81. The summed E-state index contributed by atoms with van der Waals surface area (Å²) in [6, 6.07) is 8.59. The third kappa shape index (κ3) is 2.03. The molecular formula is C12H15NO2S. The molecule has 4 heteroatoms. The Kier molecular flexibility index (Phi) is 3.12. The van der Waals surface area contributed by atoms with Gasteiger partial charge in [-0.25, -0.2) is 8.42 Å². The van der Waals surface area contributed by atoms with E-state index >= 15 is 0 Å². The van der Waals surface area contributed by atoms with E-state index in [-0.39, 0.29) is 0 Å². The van der Waals surface area contributed by atoms with Crippen LogP contribution in [0.25, 0.3) is 0 Å². The van der Waals surface area contributed by atoms with Gasteiger partial charge in [0.25, 0.3) is 0 Å². The number of hydrogen-bond acceptors (Lipinski definition) is 2. The fraction of sp³-hybridized carbons (Fsp3) is 0.333. The lowest BCUT2D eigenvalue weighted by Crippen LogP contribution is -2.29. The van der Waals surface area contributed by atoms with E-state index in [2.05, 4.69) is 0 Å². The molecule has 1 aromatic rings. The summed E-state index contributed by atoms with van der Waals surface area (Å²) < 4.78 is 25.9. The van der Waals surface area contributed by atoms with Crippen molar-refractivity contribution in [2.75, 3.05) is 13.1 Å². The summed E-state index contributed by atoms with van der Waals surface area (Å²) in [7, 11) is -3.30. The Morgan fingerprint density at radius 2 is 1.94 bits per heavy atom. The Morgan fingerprint density at radius 3 is 2.50 bits per heavy atom. The maximum atomic E-state index is 12.2. The van der Waals surface area contributed by atoms with E-state index in [0.717, 1.165) is 6.42 Å². The third-order valence-corrected chi connectivity index (χ3v) is 4.62. The molecule has 0 aromatic heterocycles. The first-order chi connectivity index (χ1) is 7.64. The topological polar surface area (TPSA) is 37.4 Å². The van der Waals surface area contributed by atoms with Crippen LogP contribution in [0.15, 0.2) is 46.9 Å². The molecule has 0 radical (unpaired) electrons. The largest absolute Gasteiger partial charge is 0.243 e. The van der Waals surface area contributed by atoms with E-state index < -0.39 is 10.0 Å². The van der Waals surface area contributed by atoms with Gasteiger partial charge in [-0.15, -0.1) is 0 Å². The predicted octanol–water partition coefficient (Wildman–Crippen LogP) is 2.03. The summed E-state index contributed by atoms with van der Waals surface area (Å²) in [5, 5.41) is 0. The summed E-state index contributed by atoms with van der Waals surface area (Å²) in [5.41, 5.74) is 1.19. The highest BCUT2D eigenvalue weighted by atomic mass is 32.2. The SMILES string of the molecule is CCC1=CCN(S(=O)(=O)c2ccccc2)C1. The number of hydrogen-bond donors (Lipinski definition) is 0. The zero-order valence-corrected chi connectivity index (χ0v) is 10.1. The van der Waals surface area contributed by atoms with Gasteiger partial charge in [0.2, 0.25) is 10.0 Å². The van der Waals surface area contributed by atoms with Crippen LogP contribution in [-0.2, 0) is 10.0 Å². The summed E-state index contributed by atoms with van der Waals surface area (Å²) in [4.78, 5) is 0.376. The molecule has 0 unspecified atom stereocenters. The van der Waals surface area contributed by atoms with Crippen LogP contribution in [0.4, 0.5) is 0 Å². The Labute approximate surface area is 96.4 Å². The van der Waals surface area contributed by atoms with Gasteiger partial charge >= 0.3 is 0 Å². The molecule has 0 amide bonds. The monoisotopic (exact) mass is 237 g/mol. The summed E-state index contributed by atoms with van der Waals surface area (Å²) in [6.07, 6.45) is 2.92. The number of rotatable bonds is 3. The molecule has 1 aromatic carbocycles. The van der Waals surface area contributed by atoms with Gasteiger partial charge in [-0.05, 0) is 18.6 Å². The Hall–Kier alpha value is -1.13. The number of nitrogens with zero attached hydrogens (tertiary/aromatic N) is 1. The molecule has 0 saturated heterocycles. The average molecular weight is 237 g/mol. The van der Waals surface area contributed by atoms with Crippen molar-refractivity contribution in [2.45, 2.75) is 18.2 Å². The van der Waals surface area contributed by atoms with Crippen LogP contribution in [0.3, 0.4) is 0 Å². The maximum absolute atomic E-state index is 12.2. The van der Waals surface area contributed by atoms with Crippen LogP contribution >= 0.6 is 0 Å². The summed E-state index contributed by atoms with van der Waals surface area (Å²) in [6.45, 7) is 3.08. The van der Waals surface area contributed by atoms with Crippen LogP contribution in [0.5, 0.6) is 0 Å². The van der Waals surface area contributed by atoms with Crippen molar-refractivity contribution >= 4 is 10.0 Å². The predicted molar refractivity (Wildman–Crippen MR) is 63.6 cm³/mol. The van der Waals surface area contributed by atoms with Crippen LogP contribution in [0.1, 0.15) is 13.3 Å². The molecule has 0 bridgehead atoms. The molecule has 3 nitrogen and oxygen atoms in total. The molecule has 1 heterocycles. The van der Waals surface area contributed by atoms with E-state index in [1.807, 2.05) is 19.1 Å². The average Bonchev–Trinajstić information content (AvgIpc) is 2.79. The Bertz CT molecular complexity index is 491. The van der Waals surface area contributed by atoms with Crippen molar-refractivity contribution in [3.8, 4) is 0 Å². The minimum atomic E-state index is -3.30. The Balaban J connectivity index is 2.23. The van der Waals surface area contributed by atoms with E-state index in [0.29, 0.717) is 18.0 Å². The normalized spacial score (nSPS) is 17.4. The van der Waals surface area contributed by atoms with Crippen molar-refractivity contribution in [3.63, 3.8) is 0 Å². The van der Waals surface area contributed by atoms with Crippen molar-refractivity contribution in [3.05, 3.63) is 42.0 Å². The standard InChI is InChI=1S/C12H15NO2S/c1-2-11-8-9-13(10-11)16(14,15)12-6-4-3-5-7-12/h3-8H,2,9-10H2,1H3. The fourth-order valence-corrected chi connectivity index (χ4v) is 3.17. The highest BCUT2D eigenvalue weighted by Crippen LogP contribution is 2.21. The van der Waals surface area contributed by atoms with Crippen LogP contribution in [0, 0.1) is 0 Å². The van der Waals surface area contributed by atoms with Gasteiger partial charge in [0.1, 0.15) is 0 Å². The molecular weight excluding hydrogens is 222 g/mol. The van der Waals surface area contributed by atoms with E-state index in [1.54, 1.807) is 24.3 Å². The summed E-state index contributed by atoms with van der Waals surface area (Å²) >= 11 is 0. The second-order valence-electron chi connectivity index (χ2n) is 3.83. The molecule has 2 rings (SSSR count). The molecule has 86 valence electrons. The second-order valence-corrected chi connectivity index (χ2v) is 5.76. The smallest absolute Gasteiger partial charge is 0.207 e. The minimum Gasteiger partial charge on any atom is -0.207 e. The Morgan fingerprint density at radius 1 is 1.25 bits per heavy atom. The van der Waals surface area contributed by atoms with Crippen molar-refractivity contribution in [2.24, 2.45) is 0 Å². The zero-order valence-electron chi connectivity index (χ0n) is 9.26. The first-order valence-electron chi connectivity index (χ1n) is 5.37. The van der Waals surface area contributed by atoms with Crippen LogP contribution in [-0.4, -0.2) is 25.8 Å². The number of benzene rings is 1. The van der Waals surface area contributed by atoms with Gasteiger partial charge in [-0.3, -0.25) is 0 Å². The van der Waals surface area contributed by atoms with Gasteiger partial charge in [0.15, 0.2) is 0 Å². The maximum Gasteiger partial charge on any atom is 0.243 e. The van der Waals surface area contributed by atoms with E-state index in [9.17, 15) is 8.42 Å². The highest BCUT2D eigenvalue weighted by Gasteiger charge is 2.26. The van der Waals surface area contributed by atoms with Gasteiger partial charge in [-0.1, -0.05) is 36.8 Å². The quantitative estimate of drug-likeness (QED) is 0.754. The molecule has 1 aliphatic rings. The van der Waals surface area contributed by atoms with Crippen LogP contribution in [0.2, 0.25) is 0 Å². The minimum absolute atomic E-state index is 0.376. The highest BCUT2D eigenvalue weighted by molar-refractivity contribution is 7.89. The molecule has 0 atom stereocenters. The number of sulfonamides is 1. The lowest BCUT2D eigenvalue weighted by atomic mass is 10.2. The lowest BCUT2D eigenvalue weighted by molar-refractivity contribution is 0.483. The molecule has 16 heavy (non-hydrogen) atoms. The fourth-order valence-electron chi connectivity index (χ4n) is 1.77. The molecule has 0 spiro atoms. The van der Waals surface area contributed by atoms with Crippen LogP contribution < -0.4 is 0 Å². The molecule has 0 aliphatic carbocycles. The van der Waals surface area contributed by atoms with E-state index in [4.69, 9.17) is 0 Å². The van der Waals surface area contributed by atoms with Gasteiger partial charge in [-0.2, -0.15) is 4.31 Å². The van der Waals surface area contributed by atoms with Gasteiger partial charge in [0.05, 0.1) is 4.90 Å². The first kappa shape index (κ1) is 11.4. The van der Waals surface area contributed by atoms with Gasteiger partial charge in [0, 0.05) is 13.1 Å². The molecule has 0 fully saturated rings. The lowest BCUT2D eigenvalue weighted by Gasteiger charge is -2.16. The zero-order chi connectivity index (χ0) is 11.6. The third-order valence-electron chi connectivity index (χ3n) is 2.80. The molecule has 0 saturated carbocycles. The van der Waals surface area contributed by atoms with Crippen molar-refractivity contribution in [1.29, 1.82) is 0 Å². The summed E-state index contributed by atoms with van der Waals surface area (Å²) in [5.74, 6) is 0. The molecule has 0 N–H and O–H groups in total. The second kappa shape index (κ2) is 4.39.